The molecule has 1 aromatic rings. The zero-order valence-corrected chi connectivity index (χ0v) is 14.5. The minimum atomic E-state index is -0.463. The lowest BCUT2D eigenvalue weighted by Crippen LogP contribution is -2.56. The maximum absolute atomic E-state index is 12.5. The highest BCUT2D eigenvalue weighted by molar-refractivity contribution is 6.35. The Morgan fingerprint density at radius 3 is 1.88 bits per heavy atom. The molecule has 3 heterocycles. The first-order valence-corrected chi connectivity index (χ1v) is 8.73. The normalized spacial score (nSPS) is 19.2. The molecule has 0 N–H and O–H groups in total. The van der Waals surface area contributed by atoms with Crippen molar-refractivity contribution in [3.63, 3.8) is 0 Å². The summed E-state index contributed by atoms with van der Waals surface area (Å²) in [6, 6.07) is 3.29. The molecule has 136 valence electrons. The van der Waals surface area contributed by atoms with Gasteiger partial charge in [0.15, 0.2) is 5.76 Å². The molecule has 0 aromatic carbocycles. The predicted molar refractivity (Wildman–Crippen MR) is 89.9 cm³/mol. The van der Waals surface area contributed by atoms with Gasteiger partial charge in [0.05, 0.1) is 6.26 Å². The van der Waals surface area contributed by atoms with Gasteiger partial charge in [-0.05, 0) is 18.7 Å². The van der Waals surface area contributed by atoms with Crippen molar-refractivity contribution < 1.29 is 18.8 Å². The molecule has 25 heavy (non-hydrogen) atoms. The van der Waals surface area contributed by atoms with Crippen LogP contribution in [0.25, 0.3) is 0 Å². The van der Waals surface area contributed by atoms with E-state index in [1.54, 1.807) is 26.8 Å². The van der Waals surface area contributed by atoms with E-state index >= 15 is 0 Å². The fourth-order valence-electron chi connectivity index (χ4n) is 3.21. The van der Waals surface area contributed by atoms with Crippen LogP contribution in [0.4, 0.5) is 0 Å². The Morgan fingerprint density at radius 1 is 0.880 bits per heavy atom. The van der Waals surface area contributed by atoms with Gasteiger partial charge in [-0.1, -0.05) is 6.92 Å². The summed E-state index contributed by atoms with van der Waals surface area (Å²) in [6.45, 7) is 7.39. The summed E-state index contributed by atoms with van der Waals surface area (Å²) in [5.41, 5.74) is 0. The second-order valence-electron chi connectivity index (χ2n) is 6.29. The highest BCUT2D eigenvalue weighted by atomic mass is 16.3. The Bertz CT molecular complexity index is 615. The number of furan rings is 1. The fraction of sp³-hybridized carbons (Fsp3) is 0.588. The monoisotopic (exact) mass is 348 g/mol. The van der Waals surface area contributed by atoms with E-state index in [9.17, 15) is 14.4 Å². The number of nitrogens with zero attached hydrogens (tertiary/aromatic N) is 4. The maximum Gasteiger partial charge on any atom is 0.312 e. The van der Waals surface area contributed by atoms with Crippen LogP contribution in [0.2, 0.25) is 0 Å². The van der Waals surface area contributed by atoms with Crippen LogP contribution in [0.15, 0.2) is 22.8 Å². The van der Waals surface area contributed by atoms with Crippen LogP contribution < -0.4 is 0 Å². The number of carbonyl (C=O) groups excluding carboxylic acids is 3. The Morgan fingerprint density at radius 2 is 1.40 bits per heavy atom. The summed E-state index contributed by atoms with van der Waals surface area (Å²) in [6.07, 6.45) is 1.46. The van der Waals surface area contributed by atoms with Gasteiger partial charge in [-0.2, -0.15) is 0 Å². The lowest BCUT2D eigenvalue weighted by Gasteiger charge is -2.37. The topological polar surface area (TPSA) is 77.3 Å². The molecule has 2 saturated heterocycles. The lowest BCUT2D eigenvalue weighted by atomic mass is 10.2. The molecule has 3 amide bonds. The van der Waals surface area contributed by atoms with Gasteiger partial charge < -0.3 is 24.0 Å². The number of piperazine rings is 2. The molecule has 2 fully saturated rings. The third-order valence-corrected chi connectivity index (χ3v) is 4.88. The molecule has 0 saturated carbocycles. The molecule has 3 rings (SSSR count). The molecular weight excluding hydrogens is 324 g/mol. The van der Waals surface area contributed by atoms with Gasteiger partial charge in [-0.25, -0.2) is 0 Å². The van der Waals surface area contributed by atoms with Gasteiger partial charge in [0, 0.05) is 52.4 Å². The molecule has 0 atom stereocenters. The van der Waals surface area contributed by atoms with Gasteiger partial charge >= 0.3 is 11.8 Å². The largest absolute Gasteiger partial charge is 0.459 e. The van der Waals surface area contributed by atoms with E-state index in [0.29, 0.717) is 45.0 Å². The van der Waals surface area contributed by atoms with E-state index in [0.717, 1.165) is 19.6 Å². The smallest absolute Gasteiger partial charge is 0.312 e. The Hall–Kier alpha value is -2.35. The highest BCUT2D eigenvalue weighted by Crippen LogP contribution is 2.11. The first kappa shape index (κ1) is 17.5. The highest BCUT2D eigenvalue weighted by Gasteiger charge is 2.32. The van der Waals surface area contributed by atoms with Crippen molar-refractivity contribution >= 4 is 17.7 Å². The molecular formula is C17H24N4O4. The Kier molecular flexibility index (Phi) is 5.37. The minimum absolute atomic E-state index is 0.181. The van der Waals surface area contributed by atoms with Crippen LogP contribution in [-0.2, 0) is 9.59 Å². The third-order valence-electron chi connectivity index (χ3n) is 4.88. The van der Waals surface area contributed by atoms with Crippen LogP contribution in [0.3, 0.4) is 0 Å². The van der Waals surface area contributed by atoms with Crippen molar-refractivity contribution in [2.24, 2.45) is 0 Å². The zero-order valence-electron chi connectivity index (χ0n) is 14.5. The average molecular weight is 348 g/mol. The first-order valence-electron chi connectivity index (χ1n) is 8.73. The van der Waals surface area contributed by atoms with Crippen LogP contribution >= 0.6 is 0 Å². The molecule has 1 aromatic heterocycles. The van der Waals surface area contributed by atoms with Crippen molar-refractivity contribution in [2.45, 2.75) is 6.92 Å². The summed E-state index contributed by atoms with van der Waals surface area (Å²) in [7, 11) is 0. The van der Waals surface area contributed by atoms with E-state index in [1.165, 1.54) is 6.26 Å². The van der Waals surface area contributed by atoms with Gasteiger partial charge in [0.2, 0.25) is 0 Å². The molecule has 2 aliphatic heterocycles. The number of rotatable bonds is 2. The SMILES string of the molecule is CCN1CCN(C(=O)C(=O)N2CCN(C(=O)c3ccco3)CC2)CC1. The molecule has 0 bridgehead atoms. The van der Waals surface area contributed by atoms with Crippen molar-refractivity contribution in [3.8, 4) is 0 Å². The maximum atomic E-state index is 12.5. The molecule has 0 unspecified atom stereocenters. The van der Waals surface area contributed by atoms with E-state index in [1.807, 2.05) is 0 Å². The number of amides is 3. The summed E-state index contributed by atoms with van der Waals surface area (Å²) in [5.74, 6) is -0.777. The predicted octanol–water partition coefficient (Wildman–Crippen LogP) is -0.272. The lowest BCUT2D eigenvalue weighted by molar-refractivity contribution is -0.153. The van der Waals surface area contributed by atoms with Crippen molar-refractivity contribution in [1.29, 1.82) is 0 Å². The van der Waals surface area contributed by atoms with Crippen LogP contribution in [-0.4, -0.2) is 96.2 Å². The molecule has 0 radical (unpaired) electrons. The number of likely N-dealkylation sites (N-methyl/N-ethyl adjacent to an activating group) is 1. The zero-order chi connectivity index (χ0) is 17.8. The third kappa shape index (κ3) is 3.84. The van der Waals surface area contributed by atoms with Gasteiger partial charge in [-0.3, -0.25) is 14.4 Å². The first-order chi connectivity index (χ1) is 12.1. The quantitative estimate of drug-likeness (QED) is 0.688. The van der Waals surface area contributed by atoms with E-state index in [2.05, 4.69) is 11.8 Å². The van der Waals surface area contributed by atoms with Crippen LogP contribution in [0, 0.1) is 0 Å². The second kappa shape index (κ2) is 7.69. The molecule has 0 aliphatic carbocycles. The fourth-order valence-corrected chi connectivity index (χ4v) is 3.21. The van der Waals surface area contributed by atoms with E-state index in [-0.39, 0.29) is 5.91 Å². The second-order valence-corrected chi connectivity index (χ2v) is 6.29. The van der Waals surface area contributed by atoms with Crippen molar-refractivity contribution in [1.82, 2.24) is 19.6 Å². The molecule has 8 heteroatoms. The summed E-state index contributed by atoms with van der Waals surface area (Å²) >= 11 is 0. The van der Waals surface area contributed by atoms with Gasteiger partial charge in [-0.15, -0.1) is 0 Å². The van der Waals surface area contributed by atoms with Gasteiger partial charge in [0.1, 0.15) is 0 Å². The summed E-state index contributed by atoms with van der Waals surface area (Å²) in [5, 5.41) is 0. The number of hydrogen-bond acceptors (Lipinski definition) is 5. The van der Waals surface area contributed by atoms with E-state index in [4.69, 9.17) is 4.42 Å². The molecule has 8 nitrogen and oxygen atoms in total. The standard InChI is InChI=1S/C17H24N4O4/c1-2-18-5-7-20(8-6-18)16(23)17(24)21-11-9-19(10-12-21)15(22)14-4-3-13-25-14/h3-4,13H,2,5-12H2,1H3. The van der Waals surface area contributed by atoms with E-state index < -0.39 is 11.8 Å². The minimum Gasteiger partial charge on any atom is -0.459 e. The molecule has 0 spiro atoms. The number of carbonyl (C=O) groups is 3. The Balaban J connectivity index is 1.50. The summed E-state index contributed by atoms with van der Waals surface area (Å²) < 4.78 is 5.12. The van der Waals surface area contributed by atoms with Crippen molar-refractivity contribution in [2.75, 3.05) is 58.9 Å². The van der Waals surface area contributed by atoms with Gasteiger partial charge in [0.25, 0.3) is 5.91 Å². The van der Waals surface area contributed by atoms with Crippen LogP contribution in [0.1, 0.15) is 17.5 Å². The van der Waals surface area contributed by atoms with Crippen molar-refractivity contribution in [3.05, 3.63) is 24.2 Å². The Labute approximate surface area is 146 Å². The molecule has 2 aliphatic rings. The average Bonchev–Trinajstić information content (AvgIpc) is 3.21. The summed E-state index contributed by atoms with van der Waals surface area (Å²) in [4.78, 5) is 44.2. The number of hydrogen-bond donors (Lipinski definition) is 0. The van der Waals surface area contributed by atoms with Crippen LogP contribution in [0.5, 0.6) is 0 Å².